The minimum atomic E-state index is -4.43. The van der Waals surface area contributed by atoms with Gasteiger partial charge in [-0.05, 0) is 48.9 Å². The Morgan fingerprint density at radius 2 is 1.43 bits per heavy atom. The first-order valence-electron chi connectivity index (χ1n) is 9.15. The van der Waals surface area contributed by atoms with Crippen LogP contribution < -0.4 is 11.2 Å². The third kappa shape index (κ3) is 3.26. The fraction of sp³-hybridized carbons (Fsp3) is 0.0909. The number of halogens is 1. The van der Waals surface area contributed by atoms with E-state index >= 15 is 0 Å². The molecule has 8 heteroatoms. The van der Waals surface area contributed by atoms with Crippen molar-refractivity contribution in [2.24, 2.45) is 0 Å². The Morgan fingerprint density at radius 3 is 2.10 bits per heavy atom. The SMILES string of the molecule is CC(c1ccccc1)n1c(=O)n(S(=O)(=O)c2ccc(Cl)cc2)c(=O)c2ccccc21. The number of para-hydroxylation sites is 1. The zero-order chi connectivity index (χ0) is 21.5. The van der Waals surface area contributed by atoms with Crippen molar-refractivity contribution in [3.05, 3.63) is 110 Å². The van der Waals surface area contributed by atoms with E-state index in [1.54, 1.807) is 25.1 Å². The summed E-state index contributed by atoms with van der Waals surface area (Å²) in [6.07, 6.45) is 0. The first-order chi connectivity index (χ1) is 14.3. The molecule has 1 atom stereocenters. The molecule has 1 aromatic heterocycles. The van der Waals surface area contributed by atoms with Crippen LogP contribution in [-0.2, 0) is 10.0 Å². The summed E-state index contributed by atoms with van der Waals surface area (Å²) in [4.78, 5) is 26.3. The van der Waals surface area contributed by atoms with Gasteiger partial charge in [0.15, 0.2) is 0 Å². The molecule has 1 unspecified atom stereocenters. The molecule has 0 saturated carbocycles. The van der Waals surface area contributed by atoms with Gasteiger partial charge in [-0.2, -0.15) is 0 Å². The molecular weight excluding hydrogens is 424 g/mol. The standard InChI is InChI=1S/C22H17ClN2O4S/c1-15(16-7-3-2-4-8-16)24-20-10-6-5-9-19(20)21(26)25(22(24)27)30(28,29)18-13-11-17(23)12-14-18/h2-15H,1H3. The summed E-state index contributed by atoms with van der Waals surface area (Å²) in [6, 6.07) is 20.5. The molecule has 0 spiro atoms. The molecule has 0 radical (unpaired) electrons. The van der Waals surface area contributed by atoms with Crippen LogP contribution in [0, 0.1) is 0 Å². The maximum absolute atomic E-state index is 13.4. The van der Waals surface area contributed by atoms with Crippen LogP contribution >= 0.6 is 11.6 Å². The summed E-state index contributed by atoms with van der Waals surface area (Å²) in [5, 5.41) is 0.479. The first-order valence-corrected chi connectivity index (χ1v) is 11.0. The highest BCUT2D eigenvalue weighted by Gasteiger charge is 2.26. The summed E-state index contributed by atoms with van der Waals surface area (Å²) in [5.41, 5.74) is -0.641. The van der Waals surface area contributed by atoms with Crippen molar-refractivity contribution in [3.63, 3.8) is 0 Å². The lowest BCUT2D eigenvalue weighted by molar-refractivity contribution is 0.566. The van der Waals surface area contributed by atoms with Crippen molar-refractivity contribution in [3.8, 4) is 0 Å². The van der Waals surface area contributed by atoms with Crippen LogP contribution in [0.25, 0.3) is 10.9 Å². The second kappa shape index (κ2) is 7.59. The maximum Gasteiger partial charge on any atom is 0.346 e. The molecule has 0 aliphatic rings. The van der Waals surface area contributed by atoms with Crippen LogP contribution in [0.1, 0.15) is 18.5 Å². The van der Waals surface area contributed by atoms with E-state index in [-0.39, 0.29) is 10.3 Å². The van der Waals surface area contributed by atoms with Crippen LogP contribution in [0.2, 0.25) is 5.02 Å². The minimum Gasteiger partial charge on any atom is -0.285 e. The number of nitrogens with zero attached hydrogens (tertiary/aromatic N) is 2. The fourth-order valence-corrected chi connectivity index (χ4v) is 4.87. The van der Waals surface area contributed by atoms with Crippen molar-refractivity contribution in [1.29, 1.82) is 0 Å². The van der Waals surface area contributed by atoms with Crippen LogP contribution in [0.4, 0.5) is 0 Å². The van der Waals surface area contributed by atoms with Crippen molar-refractivity contribution >= 4 is 32.5 Å². The number of fused-ring (bicyclic) bond motifs is 1. The van der Waals surface area contributed by atoms with E-state index in [0.717, 1.165) is 5.56 Å². The molecule has 6 nitrogen and oxygen atoms in total. The molecule has 0 saturated heterocycles. The molecule has 0 aliphatic heterocycles. The lowest BCUT2D eigenvalue weighted by Crippen LogP contribution is -2.44. The number of hydrogen-bond donors (Lipinski definition) is 0. The van der Waals surface area contributed by atoms with E-state index in [1.165, 1.54) is 34.9 Å². The summed E-state index contributed by atoms with van der Waals surface area (Å²) in [5.74, 6) is 0. The van der Waals surface area contributed by atoms with Gasteiger partial charge in [-0.1, -0.05) is 54.1 Å². The summed E-state index contributed by atoms with van der Waals surface area (Å²) >= 11 is 5.85. The lowest BCUT2D eigenvalue weighted by Gasteiger charge is -2.20. The normalized spacial score (nSPS) is 12.7. The third-order valence-corrected chi connectivity index (χ3v) is 6.90. The zero-order valence-electron chi connectivity index (χ0n) is 15.9. The predicted molar refractivity (Wildman–Crippen MR) is 117 cm³/mol. The van der Waals surface area contributed by atoms with Crippen LogP contribution in [0.15, 0.2) is 93.3 Å². The molecule has 30 heavy (non-hydrogen) atoms. The largest absolute Gasteiger partial charge is 0.346 e. The van der Waals surface area contributed by atoms with Gasteiger partial charge in [-0.25, -0.2) is 13.2 Å². The van der Waals surface area contributed by atoms with Gasteiger partial charge < -0.3 is 0 Å². The van der Waals surface area contributed by atoms with Gasteiger partial charge in [0.05, 0.1) is 21.8 Å². The second-order valence-corrected chi connectivity index (χ2v) is 9.01. The van der Waals surface area contributed by atoms with Crippen molar-refractivity contribution < 1.29 is 8.42 Å². The minimum absolute atomic E-state index is 0.136. The zero-order valence-corrected chi connectivity index (χ0v) is 17.5. The topological polar surface area (TPSA) is 78.1 Å². The molecule has 0 N–H and O–H groups in total. The highest BCUT2D eigenvalue weighted by molar-refractivity contribution is 7.90. The van der Waals surface area contributed by atoms with Crippen molar-refractivity contribution in [1.82, 2.24) is 8.54 Å². The Kier molecular flexibility index (Phi) is 5.09. The van der Waals surface area contributed by atoms with Crippen molar-refractivity contribution in [2.75, 3.05) is 0 Å². The van der Waals surface area contributed by atoms with E-state index < -0.39 is 27.3 Å². The summed E-state index contributed by atoms with van der Waals surface area (Å²) in [7, 11) is -4.43. The number of rotatable bonds is 4. The van der Waals surface area contributed by atoms with E-state index in [2.05, 4.69) is 0 Å². The monoisotopic (exact) mass is 440 g/mol. The Balaban J connectivity index is 2.09. The molecule has 3 aromatic carbocycles. The van der Waals surface area contributed by atoms with Crippen molar-refractivity contribution in [2.45, 2.75) is 17.9 Å². The van der Waals surface area contributed by atoms with Gasteiger partial charge in [-0.15, -0.1) is 3.97 Å². The molecule has 4 aromatic rings. The average molecular weight is 441 g/mol. The van der Waals surface area contributed by atoms with Gasteiger partial charge in [-0.3, -0.25) is 9.36 Å². The average Bonchev–Trinajstić information content (AvgIpc) is 2.74. The molecule has 152 valence electrons. The van der Waals surface area contributed by atoms with E-state index in [1.807, 2.05) is 30.3 Å². The molecule has 0 aliphatic carbocycles. The molecule has 0 bridgehead atoms. The molecule has 0 amide bonds. The second-order valence-electron chi connectivity index (χ2n) is 6.78. The molecular formula is C22H17ClN2O4S. The Hall–Kier alpha value is -3.16. The Labute approximate surface area is 177 Å². The van der Waals surface area contributed by atoms with Gasteiger partial charge in [0.2, 0.25) is 0 Å². The van der Waals surface area contributed by atoms with Gasteiger partial charge >= 0.3 is 5.69 Å². The van der Waals surface area contributed by atoms with E-state index in [9.17, 15) is 18.0 Å². The number of hydrogen-bond acceptors (Lipinski definition) is 4. The van der Waals surface area contributed by atoms with Crippen LogP contribution in [-0.4, -0.2) is 17.0 Å². The van der Waals surface area contributed by atoms with E-state index in [4.69, 9.17) is 11.6 Å². The smallest absolute Gasteiger partial charge is 0.285 e. The number of aromatic nitrogens is 2. The Bertz CT molecular complexity index is 1460. The molecule has 1 heterocycles. The van der Waals surface area contributed by atoms with E-state index in [0.29, 0.717) is 14.5 Å². The maximum atomic E-state index is 13.4. The summed E-state index contributed by atoms with van der Waals surface area (Å²) in [6.45, 7) is 1.78. The quantitative estimate of drug-likeness (QED) is 0.485. The summed E-state index contributed by atoms with van der Waals surface area (Å²) < 4.78 is 28.2. The fourth-order valence-electron chi connectivity index (χ4n) is 3.44. The molecule has 4 rings (SSSR count). The van der Waals surface area contributed by atoms with Gasteiger partial charge in [0, 0.05) is 5.02 Å². The molecule has 0 fully saturated rings. The first kappa shape index (κ1) is 20.1. The third-order valence-electron chi connectivity index (χ3n) is 4.98. The number of benzene rings is 3. The predicted octanol–water partition coefficient (Wildman–Crippen LogP) is 3.66. The Morgan fingerprint density at radius 1 is 0.833 bits per heavy atom. The highest BCUT2D eigenvalue weighted by Crippen LogP contribution is 2.21. The van der Waals surface area contributed by atoms with Gasteiger partial charge in [0.1, 0.15) is 0 Å². The van der Waals surface area contributed by atoms with Crippen LogP contribution in [0.3, 0.4) is 0 Å². The lowest BCUT2D eigenvalue weighted by atomic mass is 10.1. The van der Waals surface area contributed by atoms with Gasteiger partial charge in [0.25, 0.3) is 15.6 Å². The highest BCUT2D eigenvalue weighted by atomic mass is 35.5. The van der Waals surface area contributed by atoms with Crippen LogP contribution in [0.5, 0.6) is 0 Å².